The van der Waals surface area contributed by atoms with Gasteiger partial charge in [-0.2, -0.15) is 0 Å². The maximum Gasteiger partial charge on any atom is 0.356 e. The van der Waals surface area contributed by atoms with Gasteiger partial charge in [0.05, 0.1) is 24.2 Å². The quantitative estimate of drug-likeness (QED) is 0.129. The molecule has 0 aliphatic rings. The summed E-state index contributed by atoms with van der Waals surface area (Å²) in [4.78, 5) is 45.1. The minimum atomic E-state index is -0.550. The summed E-state index contributed by atoms with van der Waals surface area (Å²) in [5.74, 6) is -0.964. The fraction of sp³-hybridized carbons (Fsp3) is 0.132. The zero-order chi connectivity index (χ0) is 31.5. The van der Waals surface area contributed by atoms with E-state index < -0.39 is 11.9 Å². The van der Waals surface area contributed by atoms with Crippen LogP contribution in [-0.4, -0.2) is 41.4 Å². The number of benzene rings is 4. The van der Waals surface area contributed by atoms with Gasteiger partial charge in [-0.15, -0.1) is 0 Å². The molecule has 0 bridgehead atoms. The highest BCUT2D eigenvalue weighted by Gasteiger charge is 2.15. The molecule has 6 aromatic rings. The third-order valence-electron chi connectivity index (χ3n) is 7.72. The second kappa shape index (κ2) is 12.5. The molecule has 222 valence electrons. The number of hydrogen-bond donors (Lipinski definition) is 0. The SMILES string of the molecule is CCOC(=O)c1cc(C)c2cc(-c3ccc(-c4ccc(-c5ccc6nc(C(=O)OCC)cc(C=O)c6c5)cc4)cc3)ccc2n1. The normalized spacial score (nSPS) is 11.0. The van der Waals surface area contributed by atoms with Crippen LogP contribution in [0.1, 0.15) is 50.7 Å². The molecule has 2 heterocycles. The first-order valence-electron chi connectivity index (χ1n) is 14.8. The molecular weight excluding hydrogens is 564 g/mol. The van der Waals surface area contributed by atoms with Crippen molar-refractivity contribution in [1.29, 1.82) is 0 Å². The highest BCUT2D eigenvalue weighted by atomic mass is 16.5. The van der Waals surface area contributed by atoms with Gasteiger partial charge in [-0.05, 0) is 96.1 Å². The number of aromatic nitrogens is 2. The van der Waals surface area contributed by atoms with Crippen LogP contribution in [-0.2, 0) is 9.47 Å². The first-order valence-corrected chi connectivity index (χ1v) is 14.8. The van der Waals surface area contributed by atoms with Crippen molar-refractivity contribution < 1.29 is 23.9 Å². The summed E-state index contributed by atoms with van der Waals surface area (Å²) >= 11 is 0. The molecular formula is C38H30N2O5. The minimum absolute atomic E-state index is 0.118. The van der Waals surface area contributed by atoms with Crippen LogP contribution in [0.2, 0.25) is 0 Å². The molecule has 6 rings (SSSR count). The van der Waals surface area contributed by atoms with E-state index in [4.69, 9.17) is 9.47 Å². The van der Waals surface area contributed by atoms with Gasteiger partial charge in [0.1, 0.15) is 11.4 Å². The van der Waals surface area contributed by atoms with Crippen molar-refractivity contribution in [2.24, 2.45) is 0 Å². The predicted molar refractivity (Wildman–Crippen MR) is 175 cm³/mol. The summed E-state index contributed by atoms with van der Waals surface area (Å²) in [6.07, 6.45) is 0.737. The van der Waals surface area contributed by atoms with Crippen molar-refractivity contribution in [2.75, 3.05) is 13.2 Å². The maximum atomic E-state index is 12.2. The topological polar surface area (TPSA) is 95.5 Å². The van der Waals surface area contributed by atoms with Gasteiger partial charge in [-0.25, -0.2) is 19.6 Å². The Balaban J connectivity index is 1.23. The molecule has 0 fully saturated rings. The molecule has 4 aromatic carbocycles. The average molecular weight is 595 g/mol. The second-order valence-electron chi connectivity index (χ2n) is 10.6. The van der Waals surface area contributed by atoms with Gasteiger partial charge in [-0.3, -0.25) is 4.79 Å². The van der Waals surface area contributed by atoms with Crippen molar-refractivity contribution in [1.82, 2.24) is 9.97 Å². The van der Waals surface area contributed by atoms with Gasteiger partial charge in [0.15, 0.2) is 6.29 Å². The predicted octanol–water partition coefficient (Wildman–Crippen LogP) is 8.26. The number of carbonyl (C=O) groups is 3. The van der Waals surface area contributed by atoms with Crippen LogP contribution in [0.5, 0.6) is 0 Å². The number of rotatable bonds is 8. The van der Waals surface area contributed by atoms with E-state index in [1.165, 1.54) is 6.07 Å². The lowest BCUT2D eigenvalue weighted by atomic mass is 9.96. The highest BCUT2D eigenvalue weighted by Crippen LogP contribution is 2.31. The molecule has 2 aromatic heterocycles. The number of ether oxygens (including phenoxy) is 2. The van der Waals surface area contributed by atoms with Crippen LogP contribution in [0, 0.1) is 6.92 Å². The third kappa shape index (κ3) is 5.93. The Morgan fingerprint density at radius 1 is 0.578 bits per heavy atom. The summed E-state index contributed by atoms with van der Waals surface area (Å²) in [6, 6.07) is 31.6. The van der Waals surface area contributed by atoms with Gasteiger partial charge >= 0.3 is 11.9 Å². The number of carbonyl (C=O) groups excluding carboxylic acids is 3. The van der Waals surface area contributed by atoms with E-state index in [0.717, 1.165) is 56.1 Å². The molecule has 0 aliphatic heterocycles. The fourth-order valence-electron chi connectivity index (χ4n) is 5.43. The van der Waals surface area contributed by atoms with Gasteiger partial charge in [0, 0.05) is 16.3 Å². The maximum absolute atomic E-state index is 12.2. The molecule has 0 saturated carbocycles. The molecule has 0 atom stereocenters. The van der Waals surface area contributed by atoms with Crippen LogP contribution in [0.25, 0.3) is 55.2 Å². The van der Waals surface area contributed by atoms with Gasteiger partial charge in [0.25, 0.3) is 0 Å². The molecule has 0 amide bonds. The Hall–Kier alpha value is -5.69. The van der Waals surface area contributed by atoms with Crippen LogP contribution in [0.4, 0.5) is 0 Å². The number of nitrogens with zero attached hydrogens (tertiary/aromatic N) is 2. The number of fused-ring (bicyclic) bond motifs is 2. The largest absolute Gasteiger partial charge is 0.461 e. The van der Waals surface area contributed by atoms with Crippen molar-refractivity contribution in [3.05, 3.63) is 120 Å². The summed E-state index contributed by atoms with van der Waals surface area (Å²) in [6.45, 7) is 6.02. The average Bonchev–Trinajstić information content (AvgIpc) is 3.07. The van der Waals surface area contributed by atoms with Crippen molar-refractivity contribution in [3.63, 3.8) is 0 Å². The lowest BCUT2D eigenvalue weighted by molar-refractivity contribution is 0.0510. The summed E-state index contributed by atoms with van der Waals surface area (Å²) < 4.78 is 10.2. The first-order chi connectivity index (χ1) is 21.9. The van der Waals surface area contributed by atoms with Gasteiger partial charge in [0.2, 0.25) is 0 Å². The summed E-state index contributed by atoms with van der Waals surface area (Å²) in [5, 5.41) is 1.67. The number of hydrogen-bond acceptors (Lipinski definition) is 7. The van der Waals surface area contributed by atoms with Gasteiger partial charge < -0.3 is 9.47 Å². The standard InChI is InChI=1S/C38H30N2O5/c1-4-44-37(42)35-18-23(3)31-19-28(14-16-33(31)39-35)26-10-6-24(7-11-26)25-8-12-27(13-9-25)29-15-17-34-32(20-29)30(22-41)21-36(40-34)38(43)45-5-2/h6-22H,4-5H2,1-3H3. The lowest BCUT2D eigenvalue weighted by Gasteiger charge is -2.10. The lowest BCUT2D eigenvalue weighted by Crippen LogP contribution is -2.08. The van der Waals surface area contributed by atoms with E-state index in [-0.39, 0.29) is 12.3 Å². The molecule has 7 nitrogen and oxygen atoms in total. The monoisotopic (exact) mass is 594 g/mol. The number of pyridine rings is 2. The Kier molecular flexibility index (Phi) is 8.16. The van der Waals surface area contributed by atoms with Crippen molar-refractivity contribution in [3.8, 4) is 33.4 Å². The van der Waals surface area contributed by atoms with Crippen LogP contribution in [0.3, 0.4) is 0 Å². The Bertz CT molecular complexity index is 2080. The van der Waals surface area contributed by atoms with Crippen molar-refractivity contribution >= 4 is 40.0 Å². The van der Waals surface area contributed by atoms with E-state index in [9.17, 15) is 14.4 Å². The molecule has 7 heteroatoms. The van der Waals surface area contributed by atoms with Crippen molar-refractivity contribution in [2.45, 2.75) is 20.8 Å². The molecule has 0 N–H and O–H groups in total. The van der Waals surface area contributed by atoms with E-state index >= 15 is 0 Å². The Morgan fingerprint density at radius 3 is 1.44 bits per heavy atom. The van der Waals surface area contributed by atoms with E-state index in [1.54, 1.807) is 19.9 Å². The Labute approximate surface area is 260 Å². The molecule has 0 radical (unpaired) electrons. The molecule has 45 heavy (non-hydrogen) atoms. The zero-order valence-corrected chi connectivity index (χ0v) is 25.2. The van der Waals surface area contributed by atoms with Crippen LogP contribution >= 0.6 is 0 Å². The Morgan fingerprint density at radius 2 is 0.978 bits per heavy atom. The summed E-state index contributed by atoms with van der Waals surface area (Å²) in [5.41, 5.74) is 9.33. The number of esters is 2. The first kappa shape index (κ1) is 29.4. The second-order valence-corrected chi connectivity index (χ2v) is 10.6. The number of aldehydes is 1. The van der Waals surface area contributed by atoms with Crippen LogP contribution < -0.4 is 0 Å². The van der Waals surface area contributed by atoms with E-state index in [2.05, 4.69) is 64.6 Å². The van der Waals surface area contributed by atoms with E-state index in [1.807, 2.05) is 37.3 Å². The van der Waals surface area contributed by atoms with E-state index in [0.29, 0.717) is 28.8 Å². The molecule has 0 saturated heterocycles. The zero-order valence-electron chi connectivity index (χ0n) is 25.2. The highest BCUT2D eigenvalue weighted by molar-refractivity contribution is 6.02. The minimum Gasteiger partial charge on any atom is -0.461 e. The van der Waals surface area contributed by atoms with Crippen LogP contribution in [0.15, 0.2) is 97.1 Å². The van der Waals surface area contributed by atoms with Gasteiger partial charge in [-0.1, -0.05) is 60.7 Å². The fourth-order valence-corrected chi connectivity index (χ4v) is 5.43. The molecule has 0 spiro atoms. The number of aryl methyl sites for hydroxylation is 1. The summed E-state index contributed by atoms with van der Waals surface area (Å²) in [7, 11) is 0. The molecule has 0 aliphatic carbocycles. The third-order valence-corrected chi connectivity index (χ3v) is 7.72. The molecule has 0 unspecified atom stereocenters. The smallest absolute Gasteiger partial charge is 0.356 e.